The highest BCUT2D eigenvalue weighted by atomic mass is 19.1. The third kappa shape index (κ3) is 3.30. The van der Waals surface area contributed by atoms with Crippen molar-refractivity contribution in [1.29, 1.82) is 0 Å². The molecule has 3 aromatic heterocycles. The van der Waals surface area contributed by atoms with E-state index in [-0.39, 0.29) is 5.82 Å². The highest BCUT2D eigenvalue weighted by Crippen LogP contribution is 2.34. The fourth-order valence-electron chi connectivity index (χ4n) is 5.51. The van der Waals surface area contributed by atoms with E-state index in [9.17, 15) is 4.39 Å². The molecule has 9 heteroatoms. The first-order valence-corrected chi connectivity index (χ1v) is 11.6. The molecular weight excluding hydrogens is 423 g/mol. The number of likely N-dealkylation sites (tertiary alicyclic amines) is 1. The summed E-state index contributed by atoms with van der Waals surface area (Å²) >= 11 is 0. The molecule has 3 aliphatic rings. The van der Waals surface area contributed by atoms with Crippen LogP contribution in [0.4, 0.5) is 10.2 Å². The summed E-state index contributed by atoms with van der Waals surface area (Å²) < 4.78 is 26.3. The largest absolute Gasteiger partial charge is 0.454 e. The molecule has 4 aromatic rings. The van der Waals surface area contributed by atoms with E-state index in [0.717, 1.165) is 60.7 Å². The predicted octanol–water partition coefficient (Wildman–Crippen LogP) is 2.89. The number of aromatic amines is 1. The summed E-state index contributed by atoms with van der Waals surface area (Å²) in [6, 6.07) is 8.12. The van der Waals surface area contributed by atoms with E-state index in [2.05, 4.69) is 20.1 Å². The number of hydrogen-bond donors (Lipinski definition) is 2. The number of fused-ring (bicyclic) bond motifs is 4. The van der Waals surface area contributed by atoms with Crippen molar-refractivity contribution in [3.63, 3.8) is 0 Å². The summed E-state index contributed by atoms with van der Waals surface area (Å²) in [6.45, 7) is 5.58. The Kier molecular flexibility index (Phi) is 4.43. The third-order valence-corrected chi connectivity index (χ3v) is 7.12. The van der Waals surface area contributed by atoms with Gasteiger partial charge in [-0.2, -0.15) is 0 Å². The van der Waals surface area contributed by atoms with Crippen LogP contribution in [-0.4, -0.2) is 71.3 Å². The Morgan fingerprint density at radius 1 is 1.15 bits per heavy atom. The molecule has 3 fully saturated rings. The summed E-state index contributed by atoms with van der Waals surface area (Å²) in [4.78, 5) is 17.5. The van der Waals surface area contributed by atoms with E-state index < -0.39 is 0 Å². The predicted molar refractivity (Wildman–Crippen MR) is 123 cm³/mol. The van der Waals surface area contributed by atoms with Gasteiger partial charge in [0.25, 0.3) is 0 Å². The Morgan fingerprint density at radius 3 is 2.88 bits per heavy atom. The molecule has 0 spiro atoms. The van der Waals surface area contributed by atoms with Crippen LogP contribution in [-0.2, 0) is 11.3 Å². The molecule has 170 valence electrons. The minimum absolute atomic E-state index is 0.317. The first-order valence-electron chi connectivity index (χ1n) is 11.6. The van der Waals surface area contributed by atoms with Gasteiger partial charge in [-0.1, -0.05) is 0 Å². The number of anilines is 1. The van der Waals surface area contributed by atoms with Crippen LogP contribution in [0.2, 0.25) is 0 Å². The lowest BCUT2D eigenvalue weighted by Gasteiger charge is -2.28. The number of nitrogens with zero attached hydrogens (tertiary/aromatic N) is 4. The van der Waals surface area contributed by atoms with Gasteiger partial charge in [0, 0.05) is 67.0 Å². The van der Waals surface area contributed by atoms with Crippen molar-refractivity contribution in [3.8, 4) is 11.4 Å². The maximum absolute atomic E-state index is 14.4. The lowest BCUT2D eigenvalue weighted by atomic mass is 10.1. The van der Waals surface area contributed by atoms with Crippen LogP contribution in [0.1, 0.15) is 12.2 Å². The van der Waals surface area contributed by atoms with Crippen molar-refractivity contribution in [2.75, 3.05) is 44.3 Å². The molecule has 3 saturated heterocycles. The molecular formula is C24H25FN6O2. The normalized spacial score (nSPS) is 23.4. The number of piperazine rings is 1. The maximum Gasteiger partial charge on any atom is 0.195 e. The van der Waals surface area contributed by atoms with Crippen molar-refractivity contribution in [3.05, 3.63) is 42.0 Å². The number of rotatable bonds is 4. The Bertz CT molecular complexity index is 1340. The summed E-state index contributed by atoms with van der Waals surface area (Å²) in [5, 5.41) is 4.44. The molecule has 0 unspecified atom stereocenters. The van der Waals surface area contributed by atoms with Crippen LogP contribution in [0.15, 0.2) is 34.9 Å². The van der Waals surface area contributed by atoms with Crippen LogP contribution in [0, 0.1) is 5.82 Å². The van der Waals surface area contributed by atoms with Gasteiger partial charge in [-0.25, -0.2) is 14.4 Å². The highest BCUT2D eigenvalue weighted by molar-refractivity contribution is 5.95. The third-order valence-electron chi connectivity index (χ3n) is 7.12. The summed E-state index contributed by atoms with van der Waals surface area (Å²) in [6.07, 6.45) is 3.01. The van der Waals surface area contributed by atoms with Gasteiger partial charge in [-0.3, -0.25) is 4.90 Å². The van der Waals surface area contributed by atoms with Crippen molar-refractivity contribution in [2.24, 2.45) is 0 Å². The van der Waals surface area contributed by atoms with E-state index in [0.29, 0.717) is 42.3 Å². The second-order valence-electron chi connectivity index (χ2n) is 9.21. The zero-order valence-electron chi connectivity index (χ0n) is 18.2. The van der Waals surface area contributed by atoms with E-state index in [1.54, 1.807) is 0 Å². The zero-order chi connectivity index (χ0) is 21.9. The Labute approximate surface area is 189 Å². The first kappa shape index (κ1) is 19.5. The molecule has 6 heterocycles. The number of hydrogen-bond acceptors (Lipinski definition) is 7. The van der Waals surface area contributed by atoms with Gasteiger partial charge in [-0.05, 0) is 24.6 Å². The maximum atomic E-state index is 14.4. The van der Waals surface area contributed by atoms with Gasteiger partial charge in [0.15, 0.2) is 17.2 Å². The monoisotopic (exact) mass is 448 g/mol. The number of morpholine rings is 1. The molecule has 0 radical (unpaired) electrons. The summed E-state index contributed by atoms with van der Waals surface area (Å²) in [5.41, 5.74) is 2.85. The summed E-state index contributed by atoms with van der Waals surface area (Å²) in [7, 11) is 0. The molecule has 3 aliphatic heterocycles. The van der Waals surface area contributed by atoms with Crippen LogP contribution >= 0.6 is 0 Å². The van der Waals surface area contributed by atoms with E-state index in [4.69, 9.17) is 19.1 Å². The van der Waals surface area contributed by atoms with E-state index >= 15 is 0 Å². The lowest BCUT2D eigenvalue weighted by molar-refractivity contribution is 0.122. The van der Waals surface area contributed by atoms with Gasteiger partial charge >= 0.3 is 0 Å². The average molecular weight is 449 g/mol. The number of furan rings is 1. The van der Waals surface area contributed by atoms with Crippen LogP contribution in [0.3, 0.4) is 0 Å². The number of H-pyrrole nitrogens is 1. The zero-order valence-corrected chi connectivity index (χ0v) is 18.2. The van der Waals surface area contributed by atoms with Gasteiger partial charge < -0.3 is 24.4 Å². The van der Waals surface area contributed by atoms with Crippen molar-refractivity contribution in [1.82, 2.24) is 25.2 Å². The number of aromatic nitrogens is 3. The molecule has 33 heavy (non-hydrogen) atoms. The Balaban J connectivity index is 1.34. The SMILES string of the molecule is Fc1cc(-c2nc(N3CCOCC3)c3oc(CN4C[C@@H]5C[C@@H]4CN5)cc3n2)c2cc[nH]c2c1. The van der Waals surface area contributed by atoms with E-state index in [1.807, 2.05) is 18.3 Å². The molecule has 7 rings (SSSR count). The first-order chi connectivity index (χ1) is 16.2. The molecule has 0 saturated carbocycles. The van der Waals surface area contributed by atoms with Gasteiger partial charge in [0.05, 0.1) is 19.8 Å². The Morgan fingerprint density at radius 2 is 2.06 bits per heavy atom. The number of nitrogens with one attached hydrogen (secondary N) is 2. The molecule has 2 N–H and O–H groups in total. The minimum atomic E-state index is -0.317. The number of ether oxygens (including phenoxy) is 1. The van der Waals surface area contributed by atoms with Crippen LogP contribution < -0.4 is 10.2 Å². The van der Waals surface area contributed by atoms with Crippen LogP contribution in [0.25, 0.3) is 33.4 Å². The second kappa shape index (κ2) is 7.51. The molecule has 0 aliphatic carbocycles. The van der Waals surface area contributed by atoms with Gasteiger partial charge in [0.1, 0.15) is 17.1 Å². The molecule has 8 nitrogen and oxygen atoms in total. The quantitative estimate of drug-likeness (QED) is 0.497. The van der Waals surface area contributed by atoms with Gasteiger partial charge in [-0.15, -0.1) is 0 Å². The lowest BCUT2D eigenvalue weighted by Crippen LogP contribution is -2.42. The van der Waals surface area contributed by atoms with E-state index in [1.165, 1.54) is 18.6 Å². The van der Waals surface area contributed by atoms with Crippen LogP contribution in [0.5, 0.6) is 0 Å². The number of benzene rings is 1. The highest BCUT2D eigenvalue weighted by Gasteiger charge is 2.37. The minimum Gasteiger partial charge on any atom is -0.454 e. The standard InChI is InChI=1S/C24H25FN6O2/c25-14-7-19(18-1-2-26-20(18)8-14)23-28-21-10-17(13-31-12-15-9-16(31)11-27-15)33-22(21)24(29-23)30-3-5-32-6-4-30/h1-2,7-8,10,15-16,26-27H,3-6,9,11-13H2/t15-,16+/m0/s1. The fourth-order valence-corrected chi connectivity index (χ4v) is 5.51. The average Bonchev–Trinajstić information content (AvgIpc) is 3.62. The Hall–Kier alpha value is -3.01. The van der Waals surface area contributed by atoms with Crippen molar-refractivity contribution < 1.29 is 13.5 Å². The topological polar surface area (TPSA) is 82.4 Å². The molecule has 2 bridgehead atoms. The van der Waals surface area contributed by atoms with Crippen molar-refractivity contribution in [2.45, 2.75) is 25.0 Å². The fraction of sp³-hybridized carbons (Fsp3) is 0.417. The molecule has 0 amide bonds. The van der Waals surface area contributed by atoms with Crippen molar-refractivity contribution >= 4 is 27.8 Å². The smallest absolute Gasteiger partial charge is 0.195 e. The number of halogens is 1. The summed E-state index contributed by atoms with van der Waals surface area (Å²) in [5.74, 6) is 1.83. The van der Waals surface area contributed by atoms with Gasteiger partial charge in [0.2, 0.25) is 0 Å². The second-order valence-corrected chi connectivity index (χ2v) is 9.21. The molecule has 1 aromatic carbocycles. The molecule has 2 atom stereocenters.